The van der Waals surface area contributed by atoms with Crippen molar-refractivity contribution in [2.75, 3.05) is 38.6 Å². The molecule has 3 rings (SSSR count). The normalized spacial score (nSPS) is 26.6. The van der Waals surface area contributed by atoms with E-state index in [0.29, 0.717) is 12.2 Å². The van der Waals surface area contributed by atoms with Gasteiger partial charge in [0.05, 0.1) is 26.2 Å². The summed E-state index contributed by atoms with van der Waals surface area (Å²) >= 11 is 0. The summed E-state index contributed by atoms with van der Waals surface area (Å²) < 4.78 is 13.4. The van der Waals surface area contributed by atoms with Gasteiger partial charge in [-0.05, 0) is 18.2 Å². The Morgan fingerprint density at radius 3 is 2.76 bits per heavy atom. The number of carbonyl (C=O) groups is 2. The lowest BCUT2D eigenvalue weighted by molar-refractivity contribution is -0.885. The van der Waals surface area contributed by atoms with E-state index in [-0.39, 0.29) is 36.3 Å². The van der Waals surface area contributed by atoms with Crippen LogP contribution in [0.25, 0.3) is 0 Å². The highest BCUT2D eigenvalue weighted by Gasteiger charge is 2.33. The number of hydrogen-bond donors (Lipinski definition) is 2. The van der Waals surface area contributed by atoms with Gasteiger partial charge in [0.2, 0.25) is 5.91 Å². The lowest BCUT2D eigenvalue weighted by Gasteiger charge is -2.33. The minimum absolute atomic E-state index is 0.0959. The van der Waals surface area contributed by atoms with Gasteiger partial charge in [0, 0.05) is 44.6 Å². The Balaban J connectivity index is 1.56. The average Bonchev–Trinajstić information content (AvgIpc) is 2.95. The van der Waals surface area contributed by atoms with Gasteiger partial charge in [0.25, 0.3) is 0 Å². The van der Waals surface area contributed by atoms with E-state index in [1.807, 2.05) is 7.05 Å². The zero-order chi connectivity index (χ0) is 18.0. The van der Waals surface area contributed by atoms with E-state index < -0.39 is 0 Å². The second-order valence-corrected chi connectivity index (χ2v) is 7.13. The monoisotopic (exact) mass is 349 g/mol. The maximum absolute atomic E-state index is 13.4. The first-order valence-electron chi connectivity index (χ1n) is 8.84. The molecule has 2 aliphatic rings. The Hall–Kier alpha value is -2.15. The Bertz CT molecular complexity index is 646. The van der Waals surface area contributed by atoms with E-state index in [1.165, 1.54) is 21.9 Å². The minimum atomic E-state index is -0.373. The van der Waals surface area contributed by atoms with Crippen molar-refractivity contribution in [3.63, 3.8) is 0 Å². The van der Waals surface area contributed by atoms with E-state index >= 15 is 0 Å². The fraction of sp³-hybridized carbons (Fsp3) is 0.556. The predicted molar refractivity (Wildman–Crippen MR) is 93.1 cm³/mol. The van der Waals surface area contributed by atoms with Gasteiger partial charge in [0.15, 0.2) is 0 Å². The van der Waals surface area contributed by atoms with Gasteiger partial charge in [-0.3, -0.25) is 4.79 Å². The zero-order valence-electron chi connectivity index (χ0n) is 14.8. The number of quaternary nitrogens is 1. The Morgan fingerprint density at radius 2 is 2.08 bits per heavy atom. The quantitative estimate of drug-likeness (QED) is 0.822. The third-order valence-electron chi connectivity index (χ3n) is 5.25. The molecule has 3 amide bonds. The predicted octanol–water partition coefficient (Wildman–Crippen LogP) is 0.250. The van der Waals surface area contributed by atoms with Crippen LogP contribution in [0.1, 0.15) is 19.3 Å². The molecule has 2 saturated heterocycles. The molecule has 0 radical (unpaired) electrons. The van der Waals surface area contributed by atoms with E-state index in [9.17, 15) is 14.0 Å². The number of carbonyl (C=O) groups excluding carboxylic acids is 2. The lowest BCUT2D eigenvalue weighted by atomic mass is 10.0. The number of nitrogens with zero attached hydrogens (tertiary/aromatic N) is 2. The van der Waals surface area contributed by atoms with Gasteiger partial charge >= 0.3 is 6.03 Å². The summed E-state index contributed by atoms with van der Waals surface area (Å²) in [6.45, 7) is 2.51. The summed E-state index contributed by atoms with van der Waals surface area (Å²) in [7, 11) is 3.99. The van der Waals surface area contributed by atoms with Crippen LogP contribution in [0.2, 0.25) is 0 Å². The molecular formula is C18H26FN4O2+. The Kier molecular flexibility index (Phi) is 5.22. The highest BCUT2D eigenvalue weighted by atomic mass is 19.1. The fourth-order valence-electron chi connectivity index (χ4n) is 3.62. The summed E-state index contributed by atoms with van der Waals surface area (Å²) in [6, 6.07) is 5.85. The molecule has 1 aromatic carbocycles. The van der Waals surface area contributed by atoms with Crippen molar-refractivity contribution in [1.82, 2.24) is 10.2 Å². The van der Waals surface area contributed by atoms with E-state index in [0.717, 1.165) is 25.9 Å². The van der Waals surface area contributed by atoms with Crippen LogP contribution in [-0.2, 0) is 4.79 Å². The highest BCUT2D eigenvalue weighted by molar-refractivity contribution is 5.96. The third-order valence-corrected chi connectivity index (χ3v) is 5.25. The van der Waals surface area contributed by atoms with Crippen LogP contribution in [0.15, 0.2) is 24.3 Å². The molecule has 1 aromatic rings. The number of piperidine rings is 1. The number of urea groups is 1. The van der Waals surface area contributed by atoms with Crippen molar-refractivity contribution < 1.29 is 18.9 Å². The minimum Gasteiger partial charge on any atom is -0.337 e. The Labute approximate surface area is 147 Å². The summed E-state index contributed by atoms with van der Waals surface area (Å²) in [4.78, 5) is 29.5. The van der Waals surface area contributed by atoms with E-state index in [1.54, 1.807) is 17.0 Å². The number of amides is 3. The van der Waals surface area contributed by atoms with Crippen LogP contribution >= 0.6 is 0 Å². The summed E-state index contributed by atoms with van der Waals surface area (Å²) in [5.74, 6) is -0.469. The first kappa shape index (κ1) is 17.7. The molecular weight excluding hydrogens is 323 g/mol. The van der Waals surface area contributed by atoms with Crippen LogP contribution in [0.5, 0.6) is 0 Å². The molecule has 2 aliphatic heterocycles. The zero-order valence-corrected chi connectivity index (χ0v) is 14.8. The summed E-state index contributed by atoms with van der Waals surface area (Å²) in [6.07, 6.45) is 2.23. The fourth-order valence-corrected chi connectivity index (χ4v) is 3.62. The molecule has 1 atom stereocenters. The van der Waals surface area contributed by atoms with Gasteiger partial charge in [-0.2, -0.15) is 0 Å². The van der Waals surface area contributed by atoms with Crippen LogP contribution in [0, 0.1) is 5.82 Å². The standard InChI is InChI=1S/C18H25FN4O2/c1-21-8-6-15(7-9-21)22(2)18(25)20-14-11-17(24)23(12-14)16-5-3-4-13(19)10-16/h3-5,10,14-15H,6-9,11-12H2,1-2H3,(H,20,25)/p+1/t14-/m1/s1. The topological polar surface area (TPSA) is 57.1 Å². The van der Waals surface area contributed by atoms with E-state index in [4.69, 9.17) is 0 Å². The molecule has 0 aliphatic carbocycles. The molecule has 0 aromatic heterocycles. The molecule has 0 spiro atoms. The second-order valence-electron chi connectivity index (χ2n) is 7.13. The average molecular weight is 349 g/mol. The molecule has 2 heterocycles. The van der Waals surface area contributed by atoms with Crippen LogP contribution < -0.4 is 15.1 Å². The number of nitrogens with one attached hydrogen (secondary N) is 2. The molecule has 0 saturated carbocycles. The smallest absolute Gasteiger partial charge is 0.317 e. The van der Waals surface area contributed by atoms with Crippen molar-refractivity contribution in [2.24, 2.45) is 0 Å². The van der Waals surface area contributed by atoms with Gasteiger partial charge in [-0.1, -0.05) is 6.07 Å². The van der Waals surface area contributed by atoms with Gasteiger partial charge in [-0.15, -0.1) is 0 Å². The number of anilines is 1. The van der Waals surface area contributed by atoms with Crippen LogP contribution in [-0.4, -0.2) is 62.7 Å². The maximum atomic E-state index is 13.4. The van der Waals surface area contributed by atoms with E-state index in [2.05, 4.69) is 12.4 Å². The number of halogens is 1. The van der Waals surface area contributed by atoms with Crippen molar-refractivity contribution in [2.45, 2.75) is 31.3 Å². The Morgan fingerprint density at radius 1 is 1.36 bits per heavy atom. The van der Waals surface area contributed by atoms with Gasteiger partial charge in [0.1, 0.15) is 5.82 Å². The first-order valence-corrected chi connectivity index (χ1v) is 8.84. The molecule has 6 nitrogen and oxygen atoms in total. The maximum Gasteiger partial charge on any atom is 0.317 e. The van der Waals surface area contributed by atoms with Crippen molar-refractivity contribution in [1.29, 1.82) is 0 Å². The molecule has 25 heavy (non-hydrogen) atoms. The highest BCUT2D eigenvalue weighted by Crippen LogP contribution is 2.22. The van der Waals surface area contributed by atoms with Crippen LogP contribution in [0.3, 0.4) is 0 Å². The van der Waals surface area contributed by atoms with Crippen LogP contribution in [0.4, 0.5) is 14.9 Å². The number of likely N-dealkylation sites (tertiary alicyclic amines) is 1. The van der Waals surface area contributed by atoms with Gasteiger partial charge < -0.3 is 20.0 Å². The van der Waals surface area contributed by atoms with Crippen molar-refractivity contribution in [3.8, 4) is 0 Å². The number of rotatable bonds is 3. The molecule has 2 fully saturated rings. The SMILES string of the molecule is CN(C(=O)N[C@@H]1CC(=O)N(c2cccc(F)c2)C1)C1CC[NH+](C)CC1. The molecule has 136 valence electrons. The van der Waals surface area contributed by atoms with Crippen molar-refractivity contribution >= 4 is 17.6 Å². The number of hydrogen-bond acceptors (Lipinski definition) is 2. The lowest BCUT2D eigenvalue weighted by Crippen LogP contribution is -3.10. The third kappa shape index (κ3) is 4.10. The largest absolute Gasteiger partial charge is 0.337 e. The van der Waals surface area contributed by atoms with Gasteiger partial charge in [-0.25, -0.2) is 9.18 Å². The second kappa shape index (κ2) is 7.39. The summed E-state index contributed by atoms with van der Waals surface area (Å²) in [5, 5.41) is 2.96. The molecule has 7 heteroatoms. The molecule has 0 unspecified atom stereocenters. The number of benzene rings is 1. The first-order chi connectivity index (χ1) is 11.9. The van der Waals surface area contributed by atoms with Crippen molar-refractivity contribution in [3.05, 3.63) is 30.1 Å². The molecule has 0 bridgehead atoms. The summed E-state index contributed by atoms with van der Waals surface area (Å²) in [5.41, 5.74) is 0.536. The molecule has 2 N–H and O–H groups in total.